The Hall–Kier alpha value is -2.98. The third-order valence-corrected chi connectivity index (χ3v) is 7.06. The lowest BCUT2D eigenvalue weighted by atomic mass is 9.98. The first-order chi connectivity index (χ1) is 18.3. The van der Waals surface area contributed by atoms with Crippen LogP contribution in [0.2, 0.25) is 0 Å². The summed E-state index contributed by atoms with van der Waals surface area (Å²) in [6.07, 6.45) is -0.333. The highest BCUT2D eigenvalue weighted by Gasteiger charge is 2.52. The van der Waals surface area contributed by atoms with Gasteiger partial charge in [-0.2, -0.15) is 0 Å². The molecule has 4 rings (SSSR count). The molecule has 1 amide bonds. The number of amides is 1. The van der Waals surface area contributed by atoms with Crippen LogP contribution in [0.15, 0.2) is 78.3 Å². The van der Waals surface area contributed by atoms with Gasteiger partial charge in [-0.05, 0) is 31.9 Å². The van der Waals surface area contributed by atoms with Gasteiger partial charge in [0, 0.05) is 6.54 Å². The highest BCUT2D eigenvalue weighted by Crippen LogP contribution is 2.40. The third kappa shape index (κ3) is 7.11. The molecule has 202 valence electrons. The van der Waals surface area contributed by atoms with Crippen LogP contribution in [0.3, 0.4) is 0 Å². The minimum Gasteiger partial charge on any atom is -0.443 e. The van der Waals surface area contributed by atoms with Gasteiger partial charge in [-0.15, -0.1) is 6.58 Å². The van der Waals surface area contributed by atoms with Crippen molar-refractivity contribution in [3.05, 3.63) is 84.4 Å². The highest BCUT2D eigenvalue weighted by atomic mass is 32.2. The second kappa shape index (κ2) is 12.7. The van der Waals surface area contributed by atoms with Gasteiger partial charge < -0.3 is 23.7 Å². The zero-order valence-electron chi connectivity index (χ0n) is 21.9. The second-order valence-corrected chi connectivity index (χ2v) is 11.1. The van der Waals surface area contributed by atoms with Gasteiger partial charge in [0.2, 0.25) is 0 Å². The van der Waals surface area contributed by atoms with Crippen LogP contribution in [0, 0.1) is 0 Å². The predicted octanol–water partition coefficient (Wildman–Crippen LogP) is 4.98. The number of amidine groups is 1. The molecular formula is C29H34N2O6S. The van der Waals surface area contributed by atoms with E-state index < -0.39 is 41.5 Å². The van der Waals surface area contributed by atoms with Gasteiger partial charge in [0.25, 0.3) is 0 Å². The van der Waals surface area contributed by atoms with E-state index in [-0.39, 0.29) is 13.2 Å². The van der Waals surface area contributed by atoms with E-state index in [1.165, 1.54) is 16.7 Å². The van der Waals surface area contributed by atoms with E-state index in [0.29, 0.717) is 11.8 Å². The lowest BCUT2D eigenvalue weighted by molar-refractivity contribution is -0.193. The molecule has 1 saturated heterocycles. The minimum atomic E-state index is -0.864. The highest BCUT2D eigenvalue weighted by molar-refractivity contribution is 8.14. The Morgan fingerprint density at radius 2 is 1.61 bits per heavy atom. The number of thioether (sulfide) groups is 1. The Morgan fingerprint density at radius 3 is 2.13 bits per heavy atom. The molecule has 2 heterocycles. The molecule has 1 fully saturated rings. The molecule has 0 radical (unpaired) electrons. The summed E-state index contributed by atoms with van der Waals surface area (Å²) < 4.78 is 24.4. The molecule has 38 heavy (non-hydrogen) atoms. The van der Waals surface area contributed by atoms with Crippen molar-refractivity contribution < 1.29 is 28.5 Å². The number of carbonyl (C=O) groups is 2. The number of carbonyl (C=O) groups excluding carboxylic acids is 2. The number of benzene rings is 2. The molecule has 0 aromatic heterocycles. The first-order valence-electron chi connectivity index (χ1n) is 12.6. The standard InChI is InChI=1S/C29H34N2O6S/c1-5-16-31(28(33)37-29(2,3)4)27-30-23-25(35-19-21-14-10-7-11-15-21)24(22(17-32)36-26(23)38-27)34-18-20-12-8-6-9-13-20/h5-15,17,22-26H,1,16,18-19H2,2-4H3/t22-,23-,24-,25-,26-/m1/s1. The molecule has 0 saturated carbocycles. The maximum absolute atomic E-state index is 13.0. The maximum Gasteiger partial charge on any atom is 0.416 e. The first kappa shape index (κ1) is 28.0. The molecule has 0 N–H and O–H groups in total. The van der Waals surface area contributed by atoms with Crippen molar-refractivity contribution in [3.63, 3.8) is 0 Å². The SMILES string of the molecule is C=CCN(C(=O)OC(C)(C)C)C1=N[C@@H]2[C@@H](OCc3ccccc3)[C@H](OCc3ccccc3)[C@@H](C=O)O[C@@H]2S1. The molecule has 2 aromatic rings. The Balaban J connectivity index is 1.61. The van der Waals surface area contributed by atoms with Crippen molar-refractivity contribution >= 4 is 29.3 Å². The summed E-state index contributed by atoms with van der Waals surface area (Å²) in [7, 11) is 0. The number of hydrogen-bond acceptors (Lipinski definition) is 8. The summed E-state index contributed by atoms with van der Waals surface area (Å²) in [6.45, 7) is 9.99. The lowest BCUT2D eigenvalue weighted by Gasteiger charge is -2.40. The number of nitrogens with zero attached hydrogens (tertiary/aromatic N) is 2. The summed E-state index contributed by atoms with van der Waals surface area (Å²) >= 11 is 1.27. The zero-order valence-corrected chi connectivity index (χ0v) is 22.7. The fourth-order valence-corrected chi connectivity index (χ4v) is 5.38. The van der Waals surface area contributed by atoms with E-state index in [0.717, 1.165) is 17.4 Å². The van der Waals surface area contributed by atoms with Gasteiger partial charge in [-0.1, -0.05) is 78.5 Å². The van der Waals surface area contributed by atoms with E-state index in [4.69, 9.17) is 23.9 Å². The number of aliphatic imine (C=N–C) groups is 1. The zero-order chi connectivity index (χ0) is 27.1. The van der Waals surface area contributed by atoms with Gasteiger partial charge in [0.15, 0.2) is 11.5 Å². The molecular weight excluding hydrogens is 504 g/mol. The summed E-state index contributed by atoms with van der Waals surface area (Å²) in [6, 6.07) is 19.0. The maximum atomic E-state index is 13.0. The number of ether oxygens (including phenoxy) is 4. The molecule has 0 unspecified atom stereocenters. The Kier molecular flexibility index (Phi) is 9.38. The summed E-state index contributed by atoms with van der Waals surface area (Å²) in [5.74, 6) is 0. The topological polar surface area (TPSA) is 86.7 Å². The van der Waals surface area contributed by atoms with Gasteiger partial charge in [0.1, 0.15) is 35.4 Å². The molecule has 2 aliphatic heterocycles. The summed E-state index contributed by atoms with van der Waals surface area (Å²) in [5, 5.41) is 0.427. The Morgan fingerprint density at radius 1 is 1.03 bits per heavy atom. The van der Waals surface area contributed by atoms with Crippen molar-refractivity contribution in [2.45, 2.75) is 69.4 Å². The van der Waals surface area contributed by atoms with Crippen LogP contribution in [0.25, 0.3) is 0 Å². The van der Waals surface area contributed by atoms with Gasteiger partial charge in [0.05, 0.1) is 13.2 Å². The van der Waals surface area contributed by atoms with Crippen LogP contribution < -0.4 is 0 Å². The number of aldehydes is 1. The van der Waals surface area contributed by atoms with Crippen LogP contribution in [0.4, 0.5) is 4.79 Å². The average Bonchev–Trinajstić information content (AvgIpc) is 3.32. The monoisotopic (exact) mass is 538 g/mol. The minimum absolute atomic E-state index is 0.209. The molecule has 5 atom stereocenters. The van der Waals surface area contributed by atoms with Crippen LogP contribution >= 0.6 is 11.8 Å². The van der Waals surface area contributed by atoms with Gasteiger partial charge in [-0.25, -0.2) is 4.79 Å². The van der Waals surface area contributed by atoms with E-state index in [9.17, 15) is 9.59 Å². The number of fused-ring (bicyclic) bond motifs is 1. The van der Waals surface area contributed by atoms with Crippen LogP contribution in [0.5, 0.6) is 0 Å². The molecule has 2 aromatic carbocycles. The van der Waals surface area contributed by atoms with Gasteiger partial charge in [-0.3, -0.25) is 9.89 Å². The largest absolute Gasteiger partial charge is 0.443 e. The lowest BCUT2D eigenvalue weighted by Crippen LogP contribution is -2.57. The van der Waals surface area contributed by atoms with Crippen molar-refractivity contribution in [1.29, 1.82) is 0 Å². The van der Waals surface area contributed by atoms with E-state index in [2.05, 4.69) is 6.58 Å². The smallest absolute Gasteiger partial charge is 0.416 e. The Labute approximate surface area is 228 Å². The van der Waals surface area contributed by atoms with Crippen LogP contribution in [0.1, 0.15) is 31.9 Å². The molecule has 9 heteroatoms. The fraction of sp³-hybridized carbons (Fsp3) is 0.414. The number of hydrogen-bond donors (Lipinski definition) is 0. The van der Waals surface area contributed by atoms with E-state index >= 15 is 0 Å². The molecule has 8 nitrogen and oxygen atoms in total. The summed E-state index contributed by atoms with van der Waals surface area (Å²) in [4.78, 5) is 31.4. The summed E-state index contributed by atoms with van der Waals surface area (Å²) in [5.41, 5.74) is 0.738. The van der Waals surface area contributed by atoms with Gasteiger partial charge >= 0.3 is 6.09 Å². The van der Waals surface area contributed by atoms with Crippen molar-refractivity contribution in [3.8, 4) is 0 Å². The number of rotatable bonds is 9. The Bertz CT molecular complexity index is 1120. The van der Waals surface area contributed by atoms with E-state index in [1.807, 2.05) is 60.7 Å². The normalized spacial score (nSPS) is 24.7. The predicted molar refractivity (Wildman–Crippen MR) is 147 cm³/mol. The fourth-order valence-electron chi connectivity index (χ4n) is 4.18. The second-order valence-electron chi connectivity index (χ2n) is 10.0. The van der Waals surface area contributed by atoms with Crippen LogP contribution in [-0.2, 0) is 37.0 Å². The van der Waals surface area contributed by atoms with Crippen molar-refractivity contribution in [1.82, 2.24) is 4.90 Å². The quantitative estimate of drug-likeness (QED) is 0.329. The molecule has 0 bridgehead atoms. The molecule has 0 aliphatic carbocycles. The third-order valence-electron chi connectivity index (χ3n) is 5.90. The van der Waals surface area contributed by atoms with Crippen molar-refractivity contribution in [2.75, 3.05) is 6.54 Å². The van der Waals surface area contributed by atoms with Crippen LogP contribution in [-0.4, -0.2) is 64.4 Å². The molecule has 0 spiro atoms. The van der Waals surface area contributed by atoms with Crippen molar-refractivity contribution in [2.24, 2.45) is 4.99 Å². The average molecular weight is 539 g/mol. The molecule has 2 aliphatic rings. The van der Waals surface area contributed by atoms with E-state index in [1.54, 1.807) is 26.8 Å². The first-order valence-corrected chi connectivity index (χ1v) is 13.4.